The molecule has 0 atom stereocenters. The minimum Gasteiger partial charge on any atom is -0.338 e. The average Bonchev–Trinajstić information content (AvgIpc) is 2.57. The molecule has 26 heavy (non-hydrogen) atoms. The van der Waals surface area contributed by atoms with Crippen molar-refractivity contribution in [3.05, 3.63) is 57.3 Å². The first-order valence-corrected chi connectivity index (χ1v) is 8.25. The van der Waals surface area contributed by atoms with E-state index in [0.717, 1.165) is 4.68 Å². The Kier molecular flexibility index (Phi) is 4.83. The van der Waals surface area contributed by atoms with E-state index in [1.165, 1.54) is 31.2 Å². The van der Waals surface area contributed by atoms with Gasteiger partial charge >= 0.3 is 0 Å². The van der Waals surface area contributed by atoms with Crippen molar-refractivity contribution in [1.29, 1.82) is 0 Å². The fraction of sp³-hybridized carbons (Fsp3) is 0.333. The second kappa shape index (κ2) is 7.07. The largest absolute Gasteiger partial charge is 0.338 e. The van der Waals surface area contributed by atoms with E-state index < -0.39 is 11.5 Å². The third-order valence-corrected chi connectivity index (χ3v) is 4.35. The number of aromatic nitrogens is 2. The molecule has 8 heteroatoms. The summed E-state index contributed by atoms with van der Waals surface area (Å²) in [6.45, 7) is 3.83. The summed E-state index contributed by atoms with van der Waals surface area (Å²) in [5.41, 5.74) is 2.10. The van der Waals surface area contributed by atoms with Crippen LogP contribution in [0.5, 0.6) is 0 Å². The molecule has 2 heterocycles. The minimum atomic E-state index is -0.421. The van der Waals surface area contributed by atoms with Gasteiger partial charge in [-0.15, -0.1) is 0 Å². The first kappa shape index (κ1) is 17.8. The summed E-state index contributed by atoms with van der Waals surface area (Å²) >= 11 is 0. The zero-order valence-electron chi connectivity index (χ0n) is 14.6. The molecule has 7 nitrogen and oxygen atoms in total. The molecule has 0 radical (unpaired) electrons. The van der Waals surface area contributed by atoms with E-state index in [4.69, 9.17) is 0 Å². The SMILES string of the molecule is CC(=O)N1CCc2nn(CC(=O)Nc3ccc(F)cc3C)c(=O)cc2C1. The van der Waals surface area contributed by atoms with E-state index in [2.05, 4.69) is 10.4 Å². The lowest BCUT2D eigenvalue weighted by Gasteiger charge is -2.27. The fourth-order valence-corrected chi connectivity index (χ4v) is 2.91. The summed E-state index contributed by atoms with van der Waals surface area (Å²) in [6.07, 6.45) is 0.536. The summed E-state index contributed by atoms with van der Waals surface area (Å²) in [5, 5.41) is 6.93. The molecule has 1 aliphatic heterocycles. The molecule has 1 aromatic carbocycles. The van der Waals surface area contributed by atoms with Gasteiger partial charge in [-0.05, 0) is 30.7 Å². The molecule has 136 valence electrons. The number of amides is 2. The van der Waals surface area contributed by atoms with Crippen molar-refractivity contribution < 1.29 is 14.0 Å². The molecule has 0 fully saturated rings. The molecule has 2 amide bonds. The highest BCUT2D eigenvalue weighted by atomic mass is 19.1. The number of nitrogens with one attached hydrogen (secondary N) is 1. The van der Waals surface area contributed by atoms with Crippen LogP contribution in [0.2, 0.25) is 0 Å². The second-order valence-corrected chi connectivity index (χ2v) is 6.31. The number of fused-ring (bicyclic) bond motifs is 1. The van der Waals surface area contributed by atoms with Crippen LogP contribution in [0.4, 0.5) is 10.1 Å². The lowest BCUT2D eigenvalue weighted by atomic mass is 10.1. The Bertz CT molecular complexity index is 939. The van der Waals surface area contributed by atoms with Gasteiger partial charge in [0.05, 0.1) is 5.69 Å². The van der Waals surface area contributed by atoms with Crippen LogP contribution in [-0.4, -0.2) is 33.0 Å². The average molecular weight is 358 g/mol. The van der Waals surface area contributed by atoms with E-state index in [1.54, 1.807) is 11.8 Å². The number of hydrogen-bond donors (Lipinski definition) is 1. The van der Waals surface area contributed by atoms with Crippen LogP contribution in [-0.2, 0) is 29.1 Å². The zero-order chi connectivity index (χ0) is 18.8. The van der Waals surface area contributed by atoms with Gasteiger partial charge in [-0.2, -0.15) is 5.10 Å². The number of anilines is 1. The molecule has 1 aromatic heterocycles. The second-order valence-electron chi connectivity index (χ2n) is 6.31. The maximum atomic E-state index is 13.1. The van der Waals surface area contributed by atoms with Crippen molar-refractivity contribution in [3.8, 4) is 0 Å². The topological polar surface area (TPSA) is 84.3 Å². The Morgan fingerprint density at radius 1 is 1.31 bits per heavy atom. The Morgan fingerprint density at radius 3 is 2.77 bits per heavy atom. The quantitative estimate of drug-likeness (QED) is 0.895. The monoisotopic (exact) mass is 358 g/mol. The third-order valence-electron chi connectivity index (χ3n) is 4.35. The number of aryl methyl sites for hydroxylation is 1. The Morgan fingerprint density at radius 2 is 2.08 bits per heavy atom. The molecule has 0 aliphatic carbocycles. The number of benzene rings is 1. The smallest absolute Gasteiger partial charge is 0.267 e. The van der Waals surface area contributed by atoms with E-state index in [-0.39, 0.29) is 18.3 Å². The van der Waals surface area contributed by atoms with Crippen molar-refractivity contribution in [3.63, 3.8) is 0 Å². The lowest BCUT2D eigenvalue weighted by Crippen LogP contribution is -2.38. The number of hydrogen-bond acceptors (Lipinski definition) is 4. The highest BCUT2D eigenvalue weighted by Crippen LogP contribution is 2.16. The van der Waals surface area contributed by atoms with Gasteiger partial charge in [-0.3, -0.25) is 14.4 Å². The molecule has 1 N–H and O–H groups in total. The standard InChI is InChI=1S/C18H19FN4O3/c1-11-7-14(19)3-4-15(11)20-17(25)10-23-18(26)8-13-9-22(12(2)24)6-5-16(13)21-23/h3-4,7-8H,5-6,9-10H2,1-2H3,(H,20,25). The molecule has 2 aromatic rings. The van der Waals surface area contributed by atoms with E-state index in [0.29, 0.717) is 42.0 Å². The highest BCUT2D eigenvalue weighted by Gasteiger charge is 2.21. The third kappa shape index (κ3) is 3.79. The van der Waals surface area contributed by atoms with Crippen molar-refractivity contribution in [1.82, 2.24) is 14.7 Å². The van der Waals surface area contributed by atoms with Crippen LogP contribution in [0.1, 0.15) is 23.7 Å². The molecule has 0 bridgehead atoms. The Hall–Kier alpha value is -3.03. The van der Waals surface area contributed by atoms with Gasteiger partial charge in [0.15, 0.2) is 0 Å². The van der Waals surface area contributed by atoms with Crippen LogP contribution in [0.25, 0.3) is 0 Å². The first-order chi connectivity index (χ1) is 12.3. The van der Waals surface area contributed by atoms with Crippen LogP contribution < -0.4 is 10.9 Å². The maximum Gasteiger partial charge on any atom is 0.267 e. The zero-order valence-corrected chi connectivity index (χ0v) is 14.6. The lowest BCUT2D eigenvalue weighted by molar-refractivity contribution is -0.129. The minimum absolute atomic E-state index is 0.0473. The fourth-order valence-electron chi connectivity index (χ4n) is 2.91. The van der Waals surface area contributed by atoms with Gasteiger partial charge in [0.25, 0.3) is 5.56 Å². The van der Waals surface area contributed by atoms with Gasteiger partial charge in [-0.25, -0.2) is 9.07 Å². The molecule has 3 rings (SSSR count). The van der Waals surface area contributed by atoms with Gasteiger partial charge in [-0.1, -0.05) is 0 Å². The number of halogens is 1. The van der Waals surface area contributed by atoms with E-state index in [1.807, 2.05) is 0 Å². The normalized spacial score (nSPS) is 13.3. The molecular formula is C18H19FN4O3. The molecule has 0 spiro atoms. The van der Waals surface area contributed by atoms with Crippen LogP contribution in [0, 0.1) is 12.7 Å². The number of rotatable bonds is 3. The summed E-state index contributed by atoms with van der Waals surface area (Å²) < 4.78 is 14.2. The number of nitrogens with zero attached hydrogens (tertiary/aromatic N) is 3. The predicted octanol–water partition coefficient (Wildman–Crippen LogP) is 1.23. The van der Waals surface area contributed by atoms with Crippen molar-refractivity contribution in [2.75, 3.05) is 11.9 Å². The van der Waals surface area contributed by atoms with Gasteiger partial charge in [0, 0.05) is 43.8 Å². The summed E-state index contributed by atoms with van der Waals surface area (Å²) in [4.78, 5) is 37.6. The van der Waals surface area contributed by atoms with E-state index in [9.17, 15) is 18.8 Å². The highest BCUT2D eigenvalue weighted by molar-refractivity contribution is 5.91. The molecule has 0 unspecified atom stereocenters. The van der Waals surface area contributed by atoms with Crippen LogP contribution in [0.3, 0.4) is 0 Å². The summed E-state index contributed by atoms with van der Waals surface area (Å²) in [7, 11) is 0. The van der Waals surface area contributed by atoms with Crippen molar-refractivity contribution in [2.24, 2.45) is 0 Å². The number of carbonyl (C=O) groups is 2. The number of carbonyl (C=O) groups excluding carboxylic acids is 2. The van der Waals surface area contributed by atoms with Crippen molar-refractivity contribution >= 4 is 17.5 Å². The Labute approximate surface area is 149 Å². The van der Waals surface area contributed by atoms with Crippen LogP contribution in [0.15, 0.2) is 29.1 Å². The Balaban J connectivity index is 1.75. The molecular weight excluding hydrogens is 339 g/mol. The molecule has 1 aliphatic rings. The van der Waals surface area contributed by atoms with Gasteiger partial charge in [0.2, 0.25) is 11.8 Å². The van der Waals surface area contributed by atoms with E-state index >= 15 is 0 Å². The van der Waals surface area contributed by atoms with Gasteiger partial charge in [0.1, 0.15) is 12.4 Å². The summed E-state index contributed by atoms with van der Waals surface area (Å²) in [5.74, 6) is -0.850. The van der Waals surface area contributed by atoms with Gasteiger partial charge < -0.3 is 10.2 Å². The molecule has 0 saturated heterocycles. The summed E-state index contributed by atoms with van der Waals surface area (Å²) in [6, 6.07) is 5.47. The maximum absolute atomic E-state index is 13.1. The first-order valence-electron chi connectivity index (χ1n) is 8.25. The van der Waals surface area contributed by atoms with Crippen molar-refractivity contribution in [2.45, 2.75) is 33.4 Å². The van der Waals surface area contributed by atoms with Crippen LogP contribution >= 0.6 is 0 Å². The molecule has 0 saturated carbocycles. The predicted molar refractivity (Wildman–Crippen MR) is 93.1 cm³/mol.